The number of non-ortho nitro benzene ring substituents is 1. The second kappa shape index (κ2) is 8.79. The lowest BCUT2D eigenvalue weighted by molar-refractivity contribution is -0.384. The van der Waals surface area contributed by atoms with Crippen molar-refractivity contribution in [3.63, 3.8) is 0 Å². The van der Waals surface area contributed by atoms with Crippen LogP contribution < -0.4 is 0 Å². The zero-order valence-electron chi connectivity index (χ0n) is 18.5. The predicted molar refractivity (Wildman–Crippen MR) is 119 cm³/mol. The van der Waals surface area contributed by atoms with Gasteiger partial charge in [0.15, 0.2) is 0 Å². The van der Waals surface area contributed by atoms with Crippen LogP contribution in [0.1, 0.15) is 25.8 Å². The number of hydrogen-bond donors (Lipinski definition) is 1. The molecule has 0 aliphatic carbocycles. The predicted octanol–water partition coefficient (Wildman–Crippen LogP) is 1.67. The highest BCUT2D eigenvalue weighted by Crippen LogP contribution is 2.52. The van der Waals surface area contributed by atoms with Crippen LogP contribution in [0, 0.1) is 22.0 Å². The number of esters is 1. The van der Waals surface area contributed by atoms with E-state index in [0.717, 1.165) is 0 Å². The number of benzene rings is 1. The molecule has 2 saturated heterocycles. The van der Waals surface area contributed by atoms with E-state index in [1.54, 1.807) is 18.9 Å². The Morgan fingerprint density at radius 2 is 2.00 bits per heavy atom. The van der Waals surface area contributed by atoms with Crippen LogP contribution in [-0.4, -0.2) is 68.6 Å². The summed E-state index contributed by atoms with van der Waals surface area (Å²) >= 11 is 1.42. The van der Waals surface area contributed by atoms with Gasteiger partial charge in [-0.25, -0.2) is 4.79 Å². The number of thioether (sulfide) groups is 1. The molecule has 2 amide bonds. The van der Waals surface area contributed by atoms with Gasteiger partial charge in [0.25, 0.3) is 5.69 Å². The van der Waals surface area contributed by atoms with Gasteiger partial charge in [-0.1, -0.05) is 6.92 Å². The maximum atomic E-state index is 13.1. The van der Waals surface area contributed by atoms with E-state index in [1.807, 2.05) is 6.92 Å². The summed E-state index contributed by atoms with van der Waals surface area (Å²) in [7, 11) is 1.73. The molecule has 1 N–H and O–H groups in total. The van der Waals surface area contributed by atoms with E-state index in [0.29, 0.717) is 23.4 Å². The van der Waals surface area contributed by atoms with Gasteiger partial charge in [-0.05, 0) is 24.6 Å². The SMILES string of the molecule is C[C@@H](O)[C@H]1C(=O)N2C(C(=O)OCc3ccc([N+](=O)[O-])cc3)=C(S[C@H]3CC(=O)N(C)C3)[C@H](C)[C@H]12. The summed E-state index contributed by atoms with van der Waals surface area (Å²) in [5.41, 5.74) is 0.680. The number of nitro groups is 1. The minimum atomic E-state index is -0.845. The van der Waals surface area contributed by atoms with E-state index in [9.17, 15) is 29.6 Å². The number of likely N-dealkylation sites (tertiary alicyclic amines) is 1. The van der Waals surface area contributed by atoms with Crippen molar-refractivity contribution in [2.75, 3.05) is 13.6 Å². The Hall–Kier alpha value is -2.92. The van der Waals surface area contributed by atoms with Crippen molar-refractivity contribution in [2.24, 2.45) is 11.8 Å². The van der Waals surface area contributed by atoms with Crippen LogP contribution in [0.25, 0.3) is 0 Å². The number of carbonyl (C=O) groups excluding carboxylic acids is 3. The van der Waals surface area contributed by atoms with Crippen LogP contribution in [0.3, 0.4) is 0 Å². The highest BCUT2D eigenvalue weighted by atomic mass is 32.2. The third kappa shape index (κ3) is 4.10. The summed E-state index contributed by atoms with van der Waals surface area (Å²) in [5.74, 6) is -1.74. The normalized spacial score (nSPS) is 27.5. The lowest BCUT2D eigenvalue weighted by atomic mass is 9.79. The van der Waals surface area contributed by atoms with Crippen molar-refractivity contribution in [1.29, 1.82) is 0 Å². The highest BCUT2D eigenvalue weighted by Gasteiger charge is 2.60. The van der Waals surface area contributed by atoms with Gasteiger partial charge >= 0.3 is 5.97 Å². The molecule has 0 bridgehead atoms. The first-order chi connectivity index (χ1) is 15.6. The van der Waals surface area contributed by atoms with Crippen LogP contribution >= 0.6 is 11.8 Å². The van der Waals surface area contributed by atoms with Gasteiger partial charge in [-0.15, -0.1) is 11.8 Å². The summed E-state index contributed by atoms with van der Waals surface area (Å²) in [6.07, 6.45) is -0.497. The number of rotatable bonds is 7. The Morgan fingerprint density at radius 1 is 1.33 bits per heavy atom. The molecule has 0 radical (unpaired) electrons. The van der Waals surface area contributed by atoms with Crippen LogP contribution in [0.4, 0.5) is 5.69 Å². The van der Waals surface area contributed by atoms with Gasteiger partial charge in [0.1, 0.15) is 12.3 Å². The lowest BCUT2D eigenvalue weighted by Crippen LogP contribution is -2.63. The minimum Gasteiger partial charge on any atom is -0.456 e. The average molecular weight is 476 g/mol. The molecule has 10 nitrogen and oxygen atoms in total. The third-order valence-electron chi connectivity index (χ3n) is 6.42. The fraction of sp³-hybridized carbons (Fsp3) is 0.500. The fourth-order valence-electron chi connectivity index (χ4n) is 4.68. The van der Waals surface area contributed by atoms with Gasteiger partial charge in [0.05, 0.1) is 23.0 Å². The molecule has 0 aromatic heterocycles. The van der Waals surface area contributed by atoms with E-state index in [4.69, 9.17) is 4.74 Å². The second-order valence-corrected chi connectivity index (χ2v) is 10.0. The van der Waals surface area contributed by atoms with Gasteiger partial charge in [0.2, 0.25) is 11.8 Å². The maximum Gasteiger partial charge on any atom is 0.356 e. The first-order valence-corrected chi connectivity index (χ1v) is 11.5. The summed E-state index contributed by atoms with van der Waals surface area (Å²) in [6.45, 7) is 3.92. The number of carbonyl (C=O) groups is 3. The molecule has 176 valence electrons. The molecule has 3 aliphatic rings. The van der Waals surface area contributed by atoms with Gasteiger partial charge in [-0.2, -0.15) is 0 Å². The molecule has 5 atom stereocenters. The molecule has 11 heteroatoms. The smallest absolute Gasteiger partial charge is 0.356 e. The number of nitro benzene ring substituents is 1. The summed E-state index contributed by atoms with van der Waals surface area (Å²) in [6, 6.07) is 5.34. The first-order valence-electron chi connectivity index (χ1n) is 10.7. The van der Waals surface area contributed by atoms with Crippen molar-refractivity contribution in [2.45, 2.75) is 44.3 Å². The van der Waals surface area contributed by atoms with E-state index in [2.05, 4.69) is 0 Å². The Labute approximate surface area is 194 Å². The first kappa shape index (κ1) is 23.2. The molecule has 33 heavy (non-hydrogen) atoms. The number of aliphatic hydroxyl groups is 1. The quantitative estimate of drug-likeness (QED) is 0.273. The van der Waals surface area contributed by atoms with E-state index >= 15 is 0 Å². The van der Waals surface area contributed by atoms with Gasteiger partial charge in [0, 0.05) is 48.2 Å². The monoisotopic (exact) mass is 475 g/mol. The van der Waals surface area contributed by atoms with E-state index < -0.39 is 22.9 Å². The van der Waals surface area contributed by atoms with Crippen LogP contribution in [0.2, 0.25) is 0 Å². The molecular weight excluding hydrogens is 450 g/mol. The number of nitrogens with zero attached hydrogens (tertiary/aromatic N) is 3. The van der Waals surface area contributed by atoms with Crippen molar-refractivity contribution >= 4 is 35.2 Å². The van der Waals surface area contributed by atoms with Gasteiger partial charge < -0.3 is 19.6 Å². The minimum absolute atomic E-state index is 0.0299. The van der Waals surface area contributed by atoms with Gasteiger partial charge in [-0.3, -0.25) is 19.7 Å². The maximum absolute atomic E-state index is 13.1. The number of β-lactam (4-membered cyclic amide) rings is 1. The summed E-state index contributed by atoms with van der Waals surface area (Å²) in [4.78, 5) is 52.0. The average Bonchev–Trinajstić information content (AvgIpc) is 3.20. The Morgan fingerprint density at radius 3 is 2.55 bits per heavy atom. The number of ether oxygens (including phenoxy) is 1. The third-order valence-corrected chi connectivity index (χ3v) is 7.89. The summed E-state index contributed by atoms with van der Waals surface area (Å²) in [5, 5.41) is 20.9. The zero-order chi connectivity index (χ0) is 24.0. The Balaban J connectivity index is 1.56. The topological polar surface area (TPSA) is 130 Å². The molecule has 2 fully saturated rings. The highest BCUT2D eigenvalue weighted by molar-refractivity contribution is 8.03. The number of fused-ring (bicyclic) bond motifs is 1. The molecule has 0 spiro atoms. The van der Waals surface area contributed by atoms with E-state index in [-0.39, 0.29) is 47.0 Å². The summed E-state index contributed by atoms with van der Waals surface area (Å²) < 4.78 is 5.48. The Bertz CT molecular complexity index is 1040. The van der Waals surface area contributed by atoms with Crippen molar-refractivity contribution < 1.29 is 29.2 Å². The molecule has 0 unspecified atom stereocenters. The number of aliphatic hydroxyl groups excluding tert-OH is 1. The fourth-order valence-corrected chi connectivity index (χ4v) is 6.21. The molecule has 4 rings (SSSR count). The van der Waals surface area contributed by atoms with Crippen molar-refractivity contribution in [1.82, 2.24) is 9.80 Å². The van der Waals surface area contributed by atoms with E-state index in [1.165, 1.54) is 40.9 Å². The zero-order valence-corrected chi connectivity index (χ0v) is 19.3. The van der Waals surface area contributed by atoms with Crippen LogP contribution in [-0.2, 0) is 25.7 Å². The molecule has 0 saturated carbocycles. The van der Waals surface area contributed by atoms with Crippen LogP contribution in [0.15, 0.2) is 34.9 Å². The number of hydrogen-bond acceptors (Lipinski definition) is 8. The second-order valence-electron chi connectivity index (χ2n) is 8.68. The largest absolute Gasteiger partial charge is 0.456 e. The standard InChI is InChI=1S/C22H25N3O7S/c1-11-18-17(12(2)26)21(28)24(18)19(20(11)33-15-8-16(27)23(3)9-15)22(29)32-10-13-4-6-14(7-5-13)25(30)31/h4-7,11-12,15,17-18,26H,8-10H2,1-3H3/t11-,12-,15+,17-,18-/m1/s1. The molecule has 3 aliphatic heterocycles. The lowest BCUT2D eigenvalue weighted by Gasteiger charge is -2.46. The van der Waals surface area contributed by atoms with Crippen molar-refractivity contribution in [3.8, 4) is 0 Å². The molecule has 1 aromatic carbocycles. The van der Waals surface area contributed by atoms with Crippen molar-refractivity contribution in [3.05, 3.63) is 50.5 Å². The molecule has 3 heterocycles. The molecule has 1 aromatic rings. The number of amides is 2. The van der Waals surface area contributed by atoms with Crippen LogP contribution in [0.5, 0.6) is 0 Å². The Kier molecular flexibility index (Phi) is 6.19. The molecular formula is C22H25N3O7S.